The number of benzene rings is 1. The molecule has 360 valence electrons. The molecule has 4 amide bonds. The van der Waals surface area contributed by atoms with Crippen molar-refractivity contribution in [3.63, 3.8) is 0 Å². The number of nitrogens with zero attached hydrogens (tertiary/aromatic N) is 2. The molecular formula is C47H67ClN4O11S2. The van der Waals surface area contributed by atoms with Crippen molar-refractivity contribution < 1.29 is 53.1 Å². The van der Waals surface area contributed by atoms with Gasteiger partial charge in [0.25, 0.3) is 0 Å². The second-order valence-corrected chi connectivity index (χ2v) is 21.8. The number of hydrogen-bond donors (Lipinski definition) is 4. The topological polar surface area (TPSA) is 197 Å². The minimum Gasteiger partial charge on any atom is -0.495 e. The Morgan fingerprint density at radius 2 is 1.86 bits per heavy atom. The number of hydrogen-bond acceptors (Lipinski definition) is 13. The Balaban J connectivity index is 1.08. The van der Waals surface area contributed by atoms with Crippen molar-refractivity contribution in [1.29, 1.82) is 0 Å². The van der Waals surface area contributed by atoms with Gasteiger partial charge in [0.1, 0.15) is 40.7 Å². The van der Waals surface area contributed by atoms with Gasteiger partial charge < -0.3 is 44.3 Å². The Morgan fingerprint density at radius 1 is 1.12 bits per heavy atom. The summed E-state index contributed by atoms with van der Waals surface area (Å²) in [4.78, 5) is 69.6. The van der Waals surface area contributed by atoms with Crippen LogP contribution < -0.4 is 20.3 Å². The number of carbonyl (C=O) groups excluding carboxylic acids is 5. The Hall–Kier alpha value is -3.48. The van der Waals surface area contributed by atoms with Gasteiger partial charge in [-0.25, -0.2) is 9.59 Å². The summed E-state index contributed by atoms with van der Waals surface area (Å²) in [5.41, 5.74) is -1.34. The molecule has 4 fully saturated rings. The van der Waals surface area contributed by atoms with Crippen LogP contribution in [-0.4, -0.2) is 125 Å². The molecule has 15 nitrogen and oxygen atoms in total. The molecule has 2 saturated heterocycles. The predicted molar refractivity (Wildman–Crippen MR) is 252 cm³/mol. The third-order valence-corrected chi connectivity index (χ3v) is 16.9. The molecule has 18 heteroatoms. The number of esters is 1. The molecular weight excluding hydrogens is 896 g/mol. The standard InChI is InChI=1S/C47H67ClN4O11S2/c1-27-11-8-14-37(53)47(59)26-36(61-45(58)50-47)28(2)43-46(4,63-43)38(25-41(56)52(6)34-22-30(21-27)23-35(60-7)42(34)48)62-44(57)29(3)51(5)40(55)18-20-65-64-19-10-15-39(54)49-33-17-16-31-12-9-13-32(31)24-33/h8,11,14,22-23,28-29,31-33,36-38,43,53,59H,9-10,12-13,15-21,24-26H2,1-7H3,(H,49,54)(H,50,58)/b14-8+,27-11+/t28-,29+,31?,32?,33?,36+,37-,38+,43+,46+,47+/m1/s1. The summed E-state index contributed by atoms with van der Waals surface area (Å²) in [6.07, 6.45) is 8.12. The molecule has 4 N–H and O–H groups in total. The van der Waals surface area contributed by atoms with Gasteiger partial charge in [0.15, 0.2) is 5.72 Å². The molecule has 0 aromatic heterocycles. The number of carbonyl (C=O) groups is 5. The molecule has 11 atom stereocenters. The van der Waals surface area contributed by atoms with Gasteiger partial charge in [-0.15, -0.1) is 0 Å². The number of anilines is 1. The van der Waals surface area contributed by atoms with Gasteiger partial charge in [-0.1, -0.05) is 83.2 Å². The number of methoxy groups -OCH3 is 1. The lowest BCUT2D eigenvalue weighted by molar-refractivity contribution is -0.162. The van der Waals surface area contributed by atoms with E-state index in [1.54, 1.807) is 73.7 Å². The first-order valence-electron chi connectivity index (χ1n) is 22.9. The van der Waals surface area contributed by atoms with E-state index >= 15 is 0 Å². The van der Waals surface area contributed by atoms with E-state index in [-0.39, 0.29) is 36.1 Å². The number of fused-ring (bicyclic) bond motifs is 6. The van der Waals surface area contributed by atoms with Gasteiger partial charge in [-0.05, 0) is 82.4 Å². The normalized spacial score (nSPS) is 33.2. The average Bonchev–Trinajstić information content (AvgIpc) is 3.74. The van der Waals surface area contributed by atoms with E-state index < -0.39 is 65.7 Å². The van der Waals surface area contributed by atoms with Crippen molar-refractivity contribution in [1.82, 2.24) is 15.5 Å². The van der Waals surface area contributed by atoms with Crippen molar-refractivity contribution in [2.75, 3.05) is 37.6 Å². The fraction of sp³-hybridized carbons (Fsp3) is 0.681. The highest BCUT2D eigenvalue weighted by Gasteiger charge is 2.64. The minimum atomic E-state index is -2.07. The summed E-state index contributed by atoms with van der Waals surface area (Å²) in [6.45, 7) is 6.88. The molecule has 3 heterocycles. The first-order valence-corrected chi connectivity index (χ1v) is 25.7. The molecule has 2 saturated carbocycles. The van der Waals surface area contributed by atoms with Crippen molar-refractivity contribution in [2.45, 2.75) is 153 Å². The van der Waals surface area contributed by atoms with Gasteiger partial charge in [-0.3, -0.25) is 19.7 Å². The van der Waals surface area contributed by atoms with E-state index in [2.05, 4.69) is 10.6 Å². The number of nitrogens with one attached hydrogen (secondary N) is 2. The number of rotatable bonds is 13. The fourth-order valence-electron chi connectivity index (χ4n) is 9.80. The number of epoxide rings is 1. The lowest BCUT2D eigenvalue weighted by Crippen LogP contribution is -2.63. The SMILES string of the molecule is COc1cc2cc(c1Cl)N(C)C(=O)C[C@H](OC(=O)[C@H](C)N(C)C(=O)CCSSCCCC(=O)NC1CCC3CCCC3C1)[C@]1(C)O[C@H]1[C@H](C)[C@@H]1C[C@@](O)(NC(=O)O1)[C@H](O)/C=C/C=C(\C)C2. The average molecular weight is 964 g/mol. The first-order chi connectivity index (χ1) is 30.8. The van der Waals surface area contributed by atoms with Crippen molar-refractivity contribution in [3.8, 4) is 5.75 Å². The lowest BCUT2D eigenvalue weighted by atomic mass is 9.79. The van der Waals surface area contributed by atoms with Crippen LogP contribution in [0, 0.1) is 17.8 Å². The number of allylic oxidation sites excluding steroid dienone is 3. The highest BCUT2D eigenvalue weighted by Crippen LogP contribution is 2.49. The summed E-state index contributed by atoms with van der Waals surface area (Å²) >= 11 is 6.78. The molecule has 0 spiro atoms. The van der Waals surface area contributed by atoms with Crippen molar-refractivity contribution in [2.24, 2.45) is 17.8 Å². The Labute approximate surface area is 395 Å². The maximum absolute atomic E-state index is 14.3. The van der Waals surface area contributed by atoms with Crippen LogP contribution in [-0.2, 0) is 39.8 Å². The van der Waals surface area contributed by atoms with E-state index in [1.807, 2.05) is 6.92 Å². The summed E-state index contributed by atoms with van der Waals surface area (Å²) in [6, 6.07) is 2.81. The minimum absolute atomic E-state index is 0.115. The van der Waals surface area contributed by atoms with Crippen LogP contribution in [0.2, 0.25) is 5.02 Å². The number of aliphatic hydroxyl groups excluding tert-OH is 1. The van der Waals surface area contributed by atoms with Crippen LogP contribution in [0.4, 0.5) is 10.5 Å². The Morgan fingerprint density at radius 3 is 2.62 bits per heavy atom. The quantitative estimate of drug-likeness (QED) is 0.0725. The van der Waals surface area contributed by atoms with Crippen molar-refractivity contribution in [3.05, 3.63) is 46.5 Å². The summed E-state index contributed by atoms with van der Waals surface area (Å²) < 4.78 is 23.6. The molecule has 3 aliphatic heterocycles. The number of alkyl carbamates (subject to hydrolysis) is 1. The van der Waals surface area contributed by atoms with Gasteiger partial charge in [0, 0.05) is 56.8 Å². The second kappa shape index (κ2) is 22.1. The largest absolute Gasteiger partial charge is 0.495 e. The van der Waals surface area contributed by atoms with Crippen LogP contribution in [0.25, 0.3) is 0 Å². The Bertz CT molecular complexity index is 1990. The third kappa shape index (κ3) is 12.5. The van der Waals surface area contributed by atoms with Crippen LogP contribution in [0.5, 0.6) is 5.75 Å². The molecule has 65 heavy (non-hydrogen) atoms. The molecule has 4 bridgehead atoms. The first kappa shape index (κ1) is 50.9. The monoisotopic (exact) mass is 962 g/mol. The number of ether oxygens (including phenoxy) is 4. The van der Waals surface area contributed by atoms with Crippen LogP contribution in [0.1, 0.15) is 104 Å². The van der Waals surface area contributed by atoms with E-state index in [0.717, 1.165) is 48.0 Å². The number of amides is 4. The molecule has 5 aliphatic rings. The number of aliphatic hydroxyl groups is 2. The zero-order chi connectivity index (χ0) is 47.2. The fourth-order valence-corrected chi connectivity index (χ4v) is 12.2. The predicted octanol–water partition coefficient (Wildman–Crippen LogP) is 6.50. The highest BCUT2D eigenvalue weighted by atomic mass is 35.5. The number of likely N-dealkylation sites (N-methyl/N-ethyl adjacent to an activating group) is 1. The van der Waals surface area contributed by atoms with Crippen LogP contribution in [0.15, 0.2) is 35.9 Å². The molecule has 2 aliphatic carbocycles. The van der Waals surface area contributed by atoms with Crippen molar-refractivity contribution >= 4 is 68.7 Å². The van der Waals surface area contributed by atoms with Gasteiger partial charge in [-0.2, -0.15) is 0 Å². The van der Waals surface area contributed by atoms with E-state index in [9.17, 15) is 34.2 Å². The molecule has 1 aromatic rings. The second-order valence-electron chi connectivity index (χ2n) is 18.7. The van der Waals surface area contributed by atoms with Crippen LogP contribution >= 0.6 is 33.2 Å². The van der Waals surface area contributed by atoms with E-state index in [4.69, 9.17) is 30.5 Å². The van der Waals surface area contributed by atoms with E-state index in [1.165, 1.54) is 55.7 Å². The van der Waals surface area contributed by atoms with Gasteiger partial charge in [0.2, 0.25) is 17.7 Å². The summed E-state index contributed by atoms with van der Waals surface area (Å²) in [5.74, 6) is 1.31. The summed E-state index contributed by atoms with van der Waals surface area (Å²) in [7, 11) is 7.74. The highest BCUT2D eigenvalue weighted by molar-refractivity contribution is 8.76. The maximum atomic E-state index is 14.3. The third-order valence-electron chi connectivity index (χ3n) is 14.1. The molecule has 3 unspecified atom stereocenters. The number of halogens is 1. The summed E-state index contributed by atoms with van der Waals surface area (Å²) in [5, 5.41) is 28.4. The van der Waals surface area contributed by atoms with E-state index in [0.29, 0.717) is 36.1 Å². The van der Waals surface area contributed by atoms with Crippen LogP contribution in [0.3, 0.4) is 0 Å². The maximum Gasteiger partial charge on any atom is 0.409 e. The zero-order valence-electron chi connectivity index (χ0n) is 38.6. The lowest BCUT2D eigenvalue weighted by Gasteiger charge is -2.41. The van der Waals surface area contributed by atoms with Gasteiger partial charge >= 0.3 is 12.1 Å². The smallest absolute Gasteiger partial charge is 0.409 e. The molecule has 1 aromatic carbocycles. The molecule has 6 rings (SSSR count). The Kier molecular flexibility index (Phi) is 17.3. The molecule has 0 radical (unpaired) electrons. The zero-order valence-corrected chi connectivity index (χ0v) is 41.0. The van der Waals surface area contributed by atoms with Gasteiger partial charge in [0.05, 0.1) is 25.3 Å².